The van der Waals surface area contributed by atoms with Crippen molar-refractivity contribution in [2.24, 2.45) is 4.99 Å². The van der Waals surface area contributed by atoms with Gasteiger partial charge in [0.2, 0.25) is 0 Å². The van der Waals surface area contributed by atoms with Gasteiger partial charge in [0.05, 0.1) is 21.3 Å². The van der Waals surface area contributed by atoms with Crippen molar-refractivity contribution in [3.05, 3.63) is 87.4 Å². The van der Waals surface area contributed by atoms with E-state index in [1.165, 1.54) is 4.90 Å². The molecule has 0 aromatic heterocycles. The predicted octanol–water partition coefficient (Wildman–Crippen LogP) is 6.21. The van der Waals surface area contributed by atoms with Crippen LogP contribution in [-0.4, -0.2) is 55.0 Å². The van der Waals surface area contributed by atoms with Crippen molar-refractivity contribution in [1.29, 1.82) is 0 Å². The number of hydrogen-bond acceptors (Lipinski definition) is 4. The molecule has 4 aromatic rings. The van der Waals surface area contributed by atoms with E-state index in [4.69, 9.17) is 28.2 Å². The van der Waals surface area contributed by atoms with Crippen molar-refractivity contribution < 1.29 is 9.59 Å². The maximum absolute atomic E-state index is 13.8. The van der Waals surface area contributed by atoms with Crippen LogP contribution in [0.25, 0.3) is 21.5 Å². The molecule has 0 fully saturated rings. The monoisotopic (exact) mass is 489 g/mol. The Morgan fingerprint density at radius 3 is 2.38 bits per heavy atom. The van der Waals surface area contributed by atoms with Crippen molar-refractivity contribution in [3.63, 3.8) is 0 Å². The second-order valence-electron chi connectivity index (χ2n) is 8.50. The lowest BCUT2D eigenvalue weighted by Crippen LogP contribution is -2.43. The van der Waals surface area contributed by atoms with Gasteiger partial charge in [-0.1, -0.05) is 59.6 Å². The van der Waals surface area contributed by atoms with Crippen LogP contribution in [0.4, 0.5) is 5.69 Å². The summed E-state index contributed by atoms with van der Waals surface area (Å²) < 4.78 is 0. The zero-order valence-corrected chi connectivity index (χ0v) is 20.2. The third kappa shape index (κ3) is 3.76. The van der Waals surface area contributed by atoms with E-state index < -0.39 is 0 Å². The van der Waals surface area contributed by atoms with Crippen LogP contribution in [0.1, 0.15) is 26.3 Å². The molecule has 1 aliphatic heterocycles. The van der Waals surface area contributed by atoms with Gasteiger partial charge in [-0.2, -0.15) is 0 Å². The Labute approximate surface area is 207 Å². The number of carbonyl (C=O) groups excluding carboxylic acids is 2. The summed E-state index contributed by atoms with van der Waals surface area (Å²) in [4.78, 5) is 35.0. The molecule has 5 nitrogen and oxygen atoms in total. The average Bonchev–Trinajstić information content (AvgIpc) is 2.82. The van der Waals surface area contributed by atoms with Crippen LogP contribution in [0.2, 0.25) is 10.0 Å². The molecule has 1 heterocycles. The first-order valence-corrected chi connectivity index (χ1v) is 11.6. The lowest BCUT2D eigenvalue weighted by molar-refractivity contribution is 0.0602. The summed E-state index contributed by atoms with van der Waals surface area (Å²) in [6.45, 7) is 0.881. The molecule has 5 rings (SSSR count). The number of imide groups is 1. The maximum Gasteiger partial charge on any atom is 0.262 e. The lowest BCUT2D eigenvalue weighted by atomic mass is 9.89. The molecule has 1 aliphatic rings. The van der Waals surface area contributed by atoms with Crippen LogP contribution < -0.4 is 0 Å². The van der Waals surface area contributed by atoms with Crippen molar-refractivity contribution in [1.82, 2.24) is 9.80 Å². The number of carbonyl (C=O) groups is 2. The first-order valence-electron chi connectivity index (χ1n) is 10.8. The number of halogens is 2. The van der Waals surface area contributed by atoms with Gasteiger partial charge in [0.1, 0.15) is 0 Å². The highest BCUT2D eigenvalue weighted by molar-refractivity contribution is 6.43. The largest absolute Gasteiger partial charge is 0.308 e. The quantitative estimate of drug-likeness (QED) is 0.190. The van der Waals surface area contributed by atoms with Gasteiger partial charge in [-0.05, 0) is 49.1 Å². The smallest absolute Gasteiger partial charge is 0.262 e. The SMILES string of the molecule is CN(C)CCN1C(=O)c2cccc3cc4cccc(N=Cc5cccc(Cl)c5Cl)c4c(c23)C1=O. The number of benzene rings is 4. The first kappa shape index (κ1) is 22.5. The number of fused-ring (bicyclic) bond motifs is 2. The van der Waals surface area contributed by atoms with Crippen LogP contribution in [0.5, 0.6) is 0 Å². The topological polar surface area (TPSA) is 53.0 Å². The van der Waals surface area contributed by atoms with Crippen molar-refractivity contribution in [2.75, 3.05) is 27.2 Å². The van der Waals surface area contributed by atoms with Crippen LogP contribution >= 0.6 is 23.2 Å². The van der Waals surface area contributed by atoms with Crippen LogP contribution in [0, 0.1) is 0 Å². The molecule has 0 saturated carbocycles. The van der Waals surface area contributed by atoms with E-state index in [1.807, 2.05) is 61.5 Å². The van der Waals surface area contributed by atoms with E-state index in [1.54, 1.807) is 24.4 Å². The van der Waals surface area contributed by atoms with E-state index >= 15 is 0 Å². The van der Waals surface area contributed by atoms with E-state index in [9.17, 15) is 9.59 Å². The fourth-order valence-corrected chi connectivity index (χ4v) is 4.70. The number of likely N-dealkylation sites (N-methyl/N-ethyl adjacent to an activating group) is 1. The Hall–Kier alpha value is -3.25. The molecule has 34 heavy (non-hydrogen) atoms. The minimum Gasteiger partial charge on any atom is -0.308 e. The molecule has 7 heteroatoms. The summed E-state index contributed by atoms with van der Waals surface area (Å²) in [5.41, 5.74) is 2.33. The van der Waals surface area contributed by atoms with E-state index in [-0.39, 0.29) is 11.8 Å². The summed E-state index contributed by atoms with van der Waals surface area (Å²) >= 11 is 12.5. The normalized spacial score (nSPS) is 13.7. The van der Waals surface area contributed by atoms with Gasteiger partial charge in [-0.3, -0.25) is 19.5 Å². The minimum atomic E-state index is -0.301. The molecule has 0 bridgehead atoms. The van der Waals surface area contributed by atoms with Crippen LogP contribution in [0.15, 0.2) is 65.7 Å². The molecule has 4 aromatic carbocycles. The Morgan fingerprint density at radius 1 is 0.912 bits per heavy atom. The Kier molecular flexibility index (Phi) is 5.86. The fourth-order valence-electron chi connectivity index (χ4n) is 4.35. The van der Waals surface area contributed by atoms with Crippen molar-refractivity contribution >= 4 is 68.5 Å². The van der Waals surface area contributed by atoms with E-state index in [0.717, 1.165) is 10.8 Å². The molecule has 0 aliphatic carbocycles. The van der Waals surface area contributed by atoms with Gasteiger partial charge in [0.15, 0.2) is 0 Å². The third-order valence-electron chi connectivity index (χ3n) is 6.01. The maximum atomic E-state index is 13.8. The van der Waals surface area contributed by atoms with Crippen molar-refractivity contribution in [2.45, 2.75) is 0 Å². The van der Waals surface area contributed by atoms with Gasteiger partial charge in [0.25, 0.3) is 11.8 Å². The summed E-state index contributed by atoms with van der Waals surface area (Å²) in [5, 5.41) is 3.98. The van der Waals surface area contributed by atoms with Crippen LogP contribution in [0.3, 0.4) is 0 Å². The fraction of sp³-hybridized carbons (Fsp3) is 0.148. The highest BCUT2D eigenvalue weighted by Crippen LogP contribution is 2.39. The molecule has 0 atom stereocenters. The molecule has 0 spiro atoms. The molecular formula is C27H21Cl2N3O2. The number of aliphatic imine (C=N–C) groups is 1. The van der Waals surface area contributed by atoms with Crippen LogP contribution in [-0.2, 0) is 0 Å². The van der Waals surface area contributed by atoms with Gasteiger partial charge in [0, 0.05) is 41.2 Å². The molecule has 0 radical (unpaired) electrons. The Morgan fingerprint density at radius 2 is 1.62 bits per heavy atom. The summed E-state index contributed by atoms with van der Waals surface area (Å²) in [5.74, 6) is -0.569. The minimum absolute atomic E-state index is 0.268. The Balaban J connectivity index is 1.75. The van der Waals surface area contributed by atoms with Crippen molar-refractivity contribution in [3.8, 4) is 0 Å². The highest BCUT2D eigenvalue weighted by atomic mass is 35.5. The number of amides is 2. The zero-order chi connectivity index (χ0) is 24.0. The average molecular weight is 490 g/mol. The molecule has 2 amide bonds. The second kappa shape index (κ2) is 8.84. The molecule has 0 unspecified atom stereocenters. The number of rotatable bonds is 5. The van der Waals surface area contributed by atoms with Gasteiger partial charge in [-0.25, -0.2) is 0 Å². The summed E-state index contributed by atoms with van der Waals surface area (Å²) in [6.07, 6.45) is 1.65. The molecule has 170 valence electrons. The van der Waals surface area contributed by atoms with Gasteiger partial charge < -0.3 is 4.90 Å². The third-order valence-corrected chi connectivity index (χ3v) is 6.85. The van der Waals surface area contributed by atoms with Gasteiger partial charge in [-0.15, -0.1) is 0 Å². The summed E-state index contributed by atoms with van der Waals surface area (Å²) in [6, 6.07) is 18.6. The summed E-state index contributed by atoms with van der Waals surface area (Å²) in [7, 11) is 3.83. The molecule has 0 N–H and O–H groups in total. The lowest BCUT2D eigenvalue weighted by Gasteiger charge is -2.29. The predicted molar refractivity (Wildman–Crippen MR) is 139 cm³/mol. The van der Waals surface area contributed by atoms with E-state index in [2.05, 4.69) is 0 Å². The number of hydrogen-bond donors (Lipinski definition) is 0. The van der Waals surface area contributed by atoms with E-state index in [0.29, 0.717) is 56.3 Å². The first-order chi connectivity index (χ1) is 16.4. The number of nitrogens with zero attached hydrogens (tertiary/aromatic N) is 3. The molecule has 0 saturated heterocycles. The molecular weight excluding hydrogens is 469 g/mol. The van der Waals surface area contributed by atoms with Gasteiger partial charge >= 0.3 is 0 Å². The standard InChI is InChI=1S/C27H21Cl2N3O2/c1-31(2)12-13-32-26(33)19-9-3-6-16-14-17-7-5-11-21(23(17)24(22(16)19)27(32)34)30-15-18-8-4-10-20(28)25(18)29/h3-11,14-15H,12-13H2,1-2H3. The highest BCUT2D eigenvalue weighted by Gasteiger charge is 2.34. The Bertz CT molecular complexity index is 1510. The second-order valence-corrected chi connectivity index (χ2v) is 9.28. The zero-order valence-electron chi connectivity index (χ0n) is 18.7.